The first-order valence-electron chi connectivity index (χ1n) is 6.96. The SMILES string of the molecule is CN(C)S(=O)(=O)c1ccc(NC(=O)Cc2ccc(Cl)c(Cl)c2)cc1. The van der Waals surface area contributed by atoms with Gasteiger partial charge in [-0.05, 0) is 42.0 Å². The number of rotatable bonds is 5. The predicted octanol–water partition coefficient (Wildman–Crippen LogP) is 3.42. The molecule has 0 heterocycles. The Balaban J connectivity index is 2.05. The Morgan fingerprint density at radius 2 is 1.67 bits per heavy atom. The highest BCUT2D eigenvalue weighted by molar-refractivity contribution is 7.89. The fourth-order valence-electron chi connectivity index (χ4n) is 1.96. The number of carbonyl (C=O) groups excluding carboxylic acids is 1. The van der Waals surface area contributed by atoms with Gasteiger partial charge in [0.25, 0.3) is 0 Å². The molecule has 2 aromatic carbocycles. The fraction of sp³-hybridized carbons (Fsp3) is 0.188. The molecule has 0 aliphatic heterocycles. The van der Waals surface area contributed by atoms with Crippen LogP contribution in [0.4, 0.5) is 5.69 Å². The van der Waals surface area contributed by atoms with Gasteiger partial charge in [0.1, 0.15) is 0 Å². The number of hydrogen-bond acceptors (Lipinski definition) is 3. The van der Waals surface area contributed by atoms with Gasteiger partial charge in [-0.15, -0.1) is 0 Å². The van der Waals surface area contributed by atoms with Crippen LogP contribution in [-0.2, 0) is 21.2 Å². The lowest BCUT2D eigenvalue weighted by Crippen LogP contribution is -2.22. The van der Waals surface area contributed by atoms with Crippen molar-refractivity contribution < 1.29 is 13.2 Å². The van der Waals surface area contributed by atoms with E-state index < -0.39 is 10.0 Å². The van der Waals surface area contributed by atoms with E-state index >= 15 is 0 Å². The Bertz CT molecular complexity index is 850. The van der Waals surface area contributed by atoms with Gasteiger partial charge in [0, 0.05) is 19.8 Å². The van der Waals surface area contributed by atoms with Crippen LogP contribution in [0.3, 0.4) is 0 Å². The molecule has 24 heavy (non-hydrogen) atoms. The van der Waals surface area contributed by atoms with Crippen LogP contribution < -0.4 is 5.32 Å². The van der Waals surface area contributed by atoms with Crippen LogP contribution in [0.25, 0.3) is 0 Å². The minimum Gasteiger partial charge on any atom is -0.326 e. The molecule has 0 bridgehead atoms. The highest BCUT2D eigenvalue weighted by Crippen LogP contribution is 2.23. The summed E-state index contributed by atoms with van der Waals surface area (Å²) in [6, 6.07) is 11.0. The van der Waals surface area contributed by atoms with E-state index in [2.05, 4.69) is 5.32 Å². The summed E-state index contributed by atoms with van der Waals surface area (Å²) in [6.45, 7) is 0. The van der Waals surface area contributed by atoms with Crippen molar-refractivity contribution in [1.82, 2.24) is 4.31 Å². The zero-order chi connectivity index (χ0) is 17.9. The van der Waals surface area contributed by atoms with Gasteiger partial charge >= 0.3 is 0 Å². The van der Waals surface area contributed by atoms with Crippen LogP contribution in [0.2, 0.25) is 10.0 Å². The van der Waals surface area contributed by atoms with E-state index in [9.17, 15) is 13.2 Å². The van der Waals surface area contributed by atoms with Crippen molar-refractivity contribution in [2.24, 2.45) is 0 Å². The van der Waals surface area contributed by atoms with E-state index in [1.807, 2.05) is 0 Å². The van der Waals surface area contributed by atoms with Gasteiger partial charge in [-0.2, -0.15) is 0 Å². The van der Waals surface area contributed by atoms with Crippen LogP contribution in [0, 0.1) is 0 Å². The highest BCUT2D eigenvalue weighted by atomic mass is 35.5. The number of amides is 1. The summed E-state index contributed by atoms with van der Waals surface area (Å²) in [7, 11) is -0.565. The Morgan fingerprint density at radius 3 is 2.21 bits per heavy atom. The van der Waals surface area contributed by atoms with E-state index in [-0.39, 0.29) is 17.2 Å². The second-order valence-electron chi connectivity index (χ2n) is 5.29. The molecule has 0 spiro atoms. The molecule has 1 amide bonds. The van der Waals surface area contributed by atoms with Gasteiger partial charge in [-0.1, -0.05) is 29.3 Å². The fourth-order valence-corrected chi connectivity index (χ4v) is 3.18. The van der Waals surface area contributed by atoms with Gasteiger partial charge in [0.2, 0.25) is 15.9 Å². The van der Waals surface area contributed by atoms with Gasteiger partial charge in [-0.3, -0.25) is 4.79 Å². The molecule has 1 N–H and O–H groups in total. The van der Waals surface area contributed by atoms with E-state index in [0.717, 1.165) is 9.87 Å². The Kier molecular flexibility index (Phi) is 5.87. The average molecular weight is 387 g/mol. The third kappa shape index (κ3) is 4.48. The van der Waals surface area contributed by atoms with Crippen LogP contribution in [0.5, 0.6) is 0 Å². The molecule has 128 valence electrons. The molecule has 0 aromatic heterocycles. The lowest BCUT2D eigenvalue weighted by atomic mass is 10.1. The first-order valence-corrected chi connectivity index (χ1v) is 9.16. The van der Waals surface area contributed by atoms with E-state index in [1.54, 1.807) is 30.3 Å². The summed E-state index contributed by atoms with van der Waals surface area (Å²) in [4.78, 5) is 12.2. The highest BCUT2D eigenvalue weighted by Gasteiger charge is 2.16. The number of carbonyl (C=O) groups is 1. The number of halogens is 2. The summed E-state index contributed by atoms with van der Waals surface area (Å²) in [5, 5.41) is 3.53. The monoisotopic (exact) mass is 386 g/mol. The largest absolute Gasteiger partial charge is 0.326 e. The van der Waals surface area contributed by atoms with E-state index in [4.69, 9.17) is 23.2 Å². The summed E-state index contributed by atoms with van der Waals surface area (Å²) < 4.78 is 25.1. The van der Waals surface area contributed by atoms with Crippen molar-refractivity contribution in [2.45, 2.75) is 11.3 Å². The van der Waals surface area contributed by atoms with Crippen LogP contribution in [0.1, 0.15) is 5.56 Å². The quantitative estimate of drug-likeness (QED) is 0.855. The number of benzene rings is 2. The average Bonchev–Trinajstić information content (AvgIpc) is 2.51. The third-order valence-electron chi connectivity index (χ3n) is 3.27. The molecule has 2 aromatic rings. The van der Waals surface area contributed by atoms with Crippen molar-refractivity contribution in [3.8, 4) is 0 Å². The lowest BCUT2D eigenvalue weighted by molar-refractivity contribution is -0.115. The number of nitrogens with zero attached hydrogens (tertiary/aromatic N) is 1. The smallest absolute Gasteiger partial charge is 0.242 e. The number of hydrogen-bond donors (Lipinski definition) is 1. The summed E-state index contributed by atoms with van der Waals surface area (Å²) in [5.41, 5.74) is 1.24. The molecule has 0 saturated carbocycles. The summed E-state index contributed by atoms with van der Waals surface area (Å²) in [6.07, 6.45) is 0.134. The Morgan fingerprint density at radius 1 is 1.04 bits per heavy atom. The topological polar surface area (TPSA) is 66.5 Å². The molecule has 0 saturated heterocycles. The first-order chi connectivity index (χ1) is 11.2. The molecule has 8 heteroatoms. The molecule has 0 radical (unpaired) electrons. The molecule has 0 atom stereocenters. The van der Waals surface area contributed by atoms with Crippen LogP contribution in [0.15, 0.2) is 47.4 Å². The van der Waals surface area contributed by atoms with Crippen molar-refractivity contribution in [3.05, 3.63) is 58.1 Å². The normalized spacial score (nSPS) is 11.5. The zero-order valence-corrected chi connectivity index (χ0v) is 15.4. The maximum atomic E-state index is 12.1. The molecular formula is C16H16Cl2N2O3S. The maximum absolute atomic E-state index is 12.1. The van der Waals surface area contributed by atoms with E-state index in [0.29, 0.717) is 15.7 Å². The molecule has 0 aliphatic carbocycles. The van der Waals surface area contributed by atoms with Crippen molar-refractivity contribution in [3.63, 3.8) is 0 Å². The summed E-state index contributed by atoms with van der Waals surface area (Å²) in [5.74, 6) is -0.239. The van der Waals surface area contributed by atoms with Gasteiger partial charge in [-0.25, -0.2) is 12.7 Å². The van der Waals surface area contributed by atoms with Crippen molar-refractivity contribution >= 4 is 44.8 Å². The first kappa shape index (κ1) is 18.7. The van der Waals surface area contributed by atoms with Gasteiger partial charge in [0.05, 0.1) is 21.4 Å². The molecule has 0 unspecified atom stereocenters. The zero-order valence-electron chi connectivity index (χ0n) is 13.1. The number of nitrogens with one attached hydrogen (secondary N) is 1. The van der Waals surface area contributed by atoms with Crippen molar-refractivity contribution in [2.75, 3.05) is 19.4 Å². The molecule has 0 fully saturated rings. The summed E-state index contributed by atoms with van der Waals surface area (Å²) >= 11 is 11.8. The second kappa shape index (κ2) is 7.53. The molecule has 2 rings (SSSR count). The predicted molar refractivity (Wildman–Crippen MR) is 96.1 cm³/mol. The minimum absolute atomic E-state index is 0.134. The van der Waals surface area contributed by atoms with Crippen LogP contribution in [-0.4, -0.2) is 32.7 Å². The Labute approximate surface area is 151 Å². The van der Waals surface area contributed by atoms with Gasteiger partial charge < -0.3 is 5.32 Å². The number of sulfonamides is 1. The molecule has 5 nitrogen and oxygen atoms in total. The van der Waals surface area contributed by atoms with E-state index in [1.165, 1.54) is 26.2 Å². The number of anilines is 1. The van der Waals surface area contributed by atoms with Gasteiger partial charge in [0.15, 0.2) is 0 Å². The second-order valence-corrected chi connectivity index (χ2v) is 8.25. The minimum atomic E-state index is -3.49. The lowest BCUT2D eigenvalue weighted by Gasteiger charge is -2.12. The van der Waals surface area contributed by atoms with Crippen LogP contribution >= 0.6 is 23.2 Å². The Hall–Kier alpha value is -1.60. The standard InChI is InChI=1S/C16H16Cl2N2O3S/c1-20(2)24(22,23)13-6-4-12(5-7-13)19-16(21)10-11-3-8-14(17)15(18)9-11/h3-9H,10H2,1-2H3,(H,19,21). The molecule has 0 aliphatic rings. The maximum Gasteiger partial charge on any atom is 0.242 e. The molecular weight excluding hydrogens is 371 g/mol. The third-order valence-corrected chi connectivity index (χ3v) is 5.83. The van der Waals surface area contributed by atoms with Crippen molar-refractivity contribution in [1.29, 1.82) is 0 Å².